The predicted molar refractivity (Wildman–Crippen MR) is 90.3 cm³/mol. The Morgan fingerprint density at radius 2 is 2.36 bits per heavy atom. The maximum Gasteiger partial charge on any atom is 0.193 e. The molecule has 0 aromatic rings. The first-order valence-corrected chi connectivity index (χ1v) is 8.62. The second-order valence-corrected chi connectivity index (χ2v) is 6.11. The van der Waals surface area contributed by atoms with E-state index >= 15 is 0 Å². The molecule has 0 bridgehead atoms. The van der Waals surface area contributed by atoms with Gasteiger partial charge >= 0.3 is 0 Å². The van der Waals surface area contributed by atoms with Crippen molar-refractivity contribution in [1.82, 2.24) is 10.2 Å². The van der Waals surface area contributed by atoms with Gasteiger partial charge in [-0.15, -0.1) is 0 Å². The van der Waals surface area contributed by atoms with E-state index in [2.05, 4.69) is 30.3 Å². The zero-order valence-electron chi connectivity index (χ0n) is 14.1. The van der Waals surface area contributed by atoms with Crippen LogP contribution in [0.25, 0.3) is 0 Å². The number of hydrogen-bond acceptors (Lipinski definition) is 3. The van der Waals surface area contributed by atoms with E-state index in [9.17, 15) is 0 Å². The molecular formula is C17H31N3O2. The summed E-state index contributed by atoms with van der Waals surface area (Å²) in [7, 11) is 2.08. The summed E-state index contributed by atoms with van der Waals surface area (Å²) in [4.78, 5) is 6.89. The molecule has 2 aliphatic rings. The fraction of sp³-hybridized carbons (Fsp3) is 0.824. The maximum absolute atomic E-state index is 5.71. The highest BCUT2D eigenvalue weighted by atomic mass is 16.5. The van der Waals surface area contributed by atoms with Crippen LogP contribution in [-0.2, 0) is 9.47 Å². The summed E-state index contributed by atoms with van der Waals surface area (Å²) in [6, 6.07) is 0. The minimum Gasteiger partial charge on any atom is -0.379 e. The van der Waals surface area contributed by atoms with E-state index in [4.69, 9.17) is 14.5 Å². The Balaban J connectivity index is 1.68. The molecule has 1 aliphatic heterocycles. The lowest BCUT2D eigenvalue weighted by Gasteiger charge is -2.22. The Hall–Kier alpha value is -1.07. The third kappa shape index (κ3) is 6.79. The Bertz CT molecular complexity index is 378. The van der Waals surface area contributed by atoms with Crippen molar-refractivity contribution in [2.45, 2.75) is 32.6 Å². The van der Waals surface area contributed by atoms with Gasteiger partial charge in [-0.2, -0.15) is 0 Å². The van der Waals surface area contributed by atoms with Crippen LogP contribution in [-0.4, -0.2) is 64.0 Å². The molecule has 2 rings (SSSR count). The molecule has 22 heavy (non-hydrogen) atoms. The molecule has 0 atom stereocenters. The van der Waals surface area contributed by atoms with Crippen LogP contribution in [0, 0.1) is 5.92 Å². The van der Waals surface area contributed by atoms with Gasteiger partial charge in [0.15, 0.2) is 5.96 Å². The van der Waals surface area contributed by atoms with Crippen LogP contribution in [0.5, 0.6) is 0 Å². The second kappa shape index (κ2) is 9.85. The summed E-state index contributed by atoms with van der Waals surface area (Å²) in [6.07, 6.45) is 6.98. The number of likely N-dealkylation sites (N-methyl/N-ethyl adjacent to an activating group) is 1. The van der Waals surface area contributed by atoms with E-state index in [1.54, 1.807) is 0 Å². The van der Waals surface area contributed by atoms with E-state index in [1.807, 2.05) is 0 Å². The van der Waals surface area contributed by atoms with Crippen LogP contribution in [0.4, 0.5) is 0 Å². The Kier molecular flexibility index (Phi) is 7.74. The Morgan fingerprint density at radius 1 is 1.50 bits per heavy atom. The third-order valence-electron chi connectivity index (χ3n) is 4.07. The summed E-state index contributed by atoms with van der Waals surface area (Å²) in [5.41, 5.74) is 1.47. The van der Waals surface area contributed by atoms with Crippen molar-refractivity contribution < 1.29 is 9.47 Å². The van der Waals surface area contributed by atoms with Crippen LogP contribution >= 0.6 is 0 Å². The van der Waals surface area contributed by atoms with Crippen LogP contribution < -0.4 is 5.32 Å². The van der Waals surface area contributed by atoms with Crippen molar-refractivity contribution in [3.8, 4) is 0 Å². The quantitative estimate of drug-likeness (QED) is 0.306. The second-order valence-electron chi connectivity index (χ2n) is 6.11. The van der Waals surface area contributed by atoms with E-state index < -0.39 is 0 Å². The fourth-order valence-corrected chi connectivity index (χ4v) is 2.41. The van der Waals surface area contributed by atoms with E-state index in [1.165, 1.54) is 18.4 Å². The zero-order valence-corrected chi connectivity index (χ0v) is 14.1. The first-order valence-electron chi connectivity index (χ1n) is 8.62. The largest absolute Gasteiger partial charge is 0.379 e. The van der Waals surface area contributed by atoms with Gasteiger partial charge in [-0.3, -0.25) is 4.99 Å². The normalized spacial score (nSPS) is 19.0. The number of rotatable bonds is 9. The number of guanidine groups is 1. The van der Waals surface area contributed by atoms with Gasteiger partial charge in [0.1, 0.15) is 0 Å². The number of aliphatic imine (C=N–C) groups is 1. The topological polar surface area (TPSA) is 46.1 Å². The van der Waals surface area contributed by atoms with Gasteiger partial charge in [-0.05, 0) is 38.5 Å². The minimum atomic E-state index is 0.761. The monoisotopic (exact) mass is 309 g/mol. The molecule has 1 aliphatic carbocycles. The summed E-state index contributed by atoms with van der Waals surface area (Å²) >= 11 is 0. The molecule has 0 unspecified atom stereocenters. The Morgan fingerprint density at radius 3 is 3.05 bits per heavy atom. The molecule has 1 N–H and O–H groups in total. The first-order chi connectivity index (χ1) is 10.8. The average Bonchev–Trinajstić information content (AvgIpc) is 3.36. The number of hydrogen-bond donors (Lipinski definition) is 1. The molecule has 0 spiro atoms. The standard InChI is InChI=1S/C17H31N3O2/c1-3-18-17(19-9-6-15-7-11-21-12-8-15)20(2)10-13-22-14-16-4-5-16/h7,16H,3-6,8-14H2,1-2H3,(H,18,19). The number of ether oxygens (including phenoxy) is 2. The lowest BCUT2D eigenvalue weighted by Crippen LogP contribution is -2.40. The van der Waals surface area contributed by atoms with Gasteiger partial charge in [0, 0.05) is 33.3 Å². The molecule has 1 heterocycles. The molecule has 0 amide bonds. The summed E-state index contributed by atoms with van der Waals surface area (Å²) in [5.74, 6) is 1.81. The molecule has 1 fully saturated rings. The summed E-state index contributed by atoms with van der Waals surface area (Å²) in [6.45, 7) is 8.04. The highest BCUT2D eigenvalue weighted by Crippen LogP contribution is 2.28. The average molecular weight is 309 g/mol. The number of nitrogens with zero attached hydrogens (tertiary/aromatic N) is 2. The van der Waals surface area contributed by atoms with Crippen molar-refractivity contribution in [3.63, 3.8) is 0 Å². The molecule has 0 aromatic heterocycles. The lowest BCUT2D eigenvalue weighted by molar-refractivity contribution is 0.115. The van der Waals surface area contributed by atoms with Crippen molar-refractivity contribution in [3.05, 3.63) is 11.6 Å². The van der Waals surface area contributed by atoms with E-state index in [0.29, 0.717) is 0 Å². The Labute approximate surface area is 134 Å². The third-order valence-corrected chi connectivity index (χ3v) is 4.07. The number of nitrogens with one attached hydrogen (secondary N) is 1. The molecule has 5 heteroatoms. The van der Waals surface area contributed by atoms with Gasteiger partial charge in [0.2, 0.25) is 0 Å². The van der Waals surface area contributed by atoms with E-state index in [-0.39, 0.29) is 0 Å². The van der Waals surface area contributed by atoms with Crippen LogP contribution in [0.1, 0.15) is 32.6 Å². The van der Waals surface area contributed by atoms with Gasteiger partial charge in [-0.25, -0.2) is 0 Å². The van der Waals surface area contributed by atoms with Crippen molar-refractivity contribution in [1.29, 1.82) is 0 Å². The first kappa shape index (κ1) is 17.3. The van der Waals surface area contributed by atoms with Gasteiger partial charge in [0.05, 0.1) is 19.8 Å². The highest BCUT2D eigenvalue weighted by Gasteiger charge is 2.21. The van der Waals surface area contributed by atoms with Crippen molar-refractivity contribution in [2.75, 3.05) is 53.1 Å². The molecular weight excluding hydrogens is 278 g/mol. The minimum absolute atomic E-state index is 0.761. The van der Waals surface area contributed by atoms with Gasteiger partial charge in [-0.1, -0.05) is 11.6 Å². The predicted octanol–water partition coefficient (Wildman–Crippen LogP) is 2.05. The summed E-state index contributed by atoms with van der Waals surface area (Å²) < 4.78 is 11.0. The maximum atomic E-state index is 5.71. The SMILES string of the molecule is CCNC(=NCCC1=CCOCC1)N(C)CCOCC1CC1. The smallest absolute Gasteiger partial charge is 0.193 e. The molecule has 1 saturated carbocycles. The lowest BCUT2D eigenvalue weighted by atomic mass is 10.1. The molecule has 0 saturated heterocycles. The van der Waals surface area contributed by atoms with Crippen molar-refractivity contribution in [2.24, 2.45) is 10.9 Å². The zero-order chi connectivity index (χ0) is 15.6. The molecule has 0 radical (unpaired) electrons. The van der Waals surface area contributed by atoms with Crippen LogP contribution in [0.2, 0.25) is 0 Å². The summed E-state index contributed by atoms with van der Waals surface area (Å²) in [5, 5.41) is 3.36. The van der Waals surface area contributed by atoms with Gasteiger partial charge in [0.25, 0.3) is 0 Å². The van der Waals surface area contributed by atoms with Crippen LogP contribution in [0.3, 0.4) is 0 Å². The fourth-order valence-electron chi connectivity index (χ4n) is 2.41. The van der Waals surface area contributed by atoms with Crippen LogP contribution in [0.15, 0.2) is 16.6 Å². The molecule has 126 valence electrons. The molecule has 0 aromatic carbocycles. The van der Waals surface area contributed by atoms with Gasteiger partial charge < -0.3 is 19.7 Å². The highest BCUT2D eigenvalue weighted by molar-refractivity contribution is 5.79. The molecule has 5 nitrogen and oxygen atoms in total. The van der Waals surface area contributed by atoms with Crippen molar-refractivity contribution >= 4 is 5.96 Å². The van der Waals surface area contributed by atoms with E-state index in [0.717, 1.165) is 70.8 Å².